The smallest absolute Gasteiger partial charge is 0.133 e. The summed E-state index contributed by atoms with van der Waals surface area (Å²) in [6, 6.07) is 13.9. The summed E-state index contributed by atoms with van der Waals surface area (Å²) in [5.74, 6) is 0.281. The molecular formula is C16H12BrNOS. The maximum absolute atomic E-state index is 10.6. The van der Waals surface area contributed by atoms with Crippen molar-refractivity contribution < 1.29 is 5.11 Å². The molecule has 20 heavy (non-hydrogen) atoms. The Morgan fingerprint density at radius 1 is 1.10 bits per heavy atom. The van der Waals surface area contributed by atoms with Crippen molar-refractivity contribution in [3.63, 3.8) is 0 Å². The first-order valence-electron chi connectivity index (χ1n) is 6.15. The molecule has 0 spiro atoms. The lowest BCUT2D eigenvalue weighted by Crippen LogP contribution is -1.86. The number of rotatable bonds is 2. The molecule has 100 valence electrons. The first-order chi connectivity index (χ1) is 9.65. The van der Waals surface area contributed by atoms with Gasteiger partial charge in [-0.05, 0) is 46.1 Å². The number of phenols is 1. The summed E-state index contributed by atoms with van der Waals surface area (Å²) in [6.07, 6.45) is 0. The van der Waals surface area contributed by atoms with Crippen LogP contribution in [-0.4, -0.2) is 10.1 Å². The molecule has 1 aromatic heterocycles. The van der Waals surface area contributed by atoms with Crippen LogP contribution in [0.2, 0.25) is 0 Å². The molecule has 2 nitrogen and oxygen atoms in total. The van der Waals surface area contributed by atoms with Crippen LogP contribution in [0.4, 0.5) is 0 Å². The van der Waals surface area contributed by atoms with E-state index in [1.807, 2.05) is 54.8 Å². The molecule has 0 atom stereocenters. The Hall–Kier alpha value is -1.65. The molecule has 0 aliphatic rings. The Labute approximate surface area is 129 Å². The fraction of sp³-hybridized carbons (Fsp3) is 0.0625. The molecule has 0 saturated carbocycles. The van der Waals surface area contributed by atoms with E-state index in [1.54, 1.807) is 0 Å². The molecule has 1 heterocycles. The Bertz CT molecular complexity index is 752. The SMILES string of the molecule is Cc1cc(-c2ccccc2)c(O)c(-c2nc(Br)cs2)c1. The molecule has 0 bridgehead atoms. The summed E-state index contributed by atoms with van der Waals surface area (Å²) >= 11 is 4.87. The van der Waals surface area contributed by atoms with E-state index in [4.69, 9.17) is 0 Å². The third-order valence-electron chi connectivity index (χ3n) is 3.05. The highest BCUT2D eigenvalue weighted by atomic mass is 79.9. The van der Waals surface area contributed by atoms with Crippen molar-refractivity contribution in [2.45, 2.75) is 6.92 Å². The van der Waals surface area contributed by atoms with Crippen LogP contribution in [0.15, 0.2) is 52.4 Å². The molecular weight excluding hydrogens is 334 g/mol. The van der Waals surface area contributed by atoms with Crippen molar-refractivity contribution in [3.8, 4) is 27.4 Å². The molecule has 3 rings (SSSR count). The Morgan fingerprint density at radius 3 is 2.45 bits per heavy atom. The van der Waals surface area contributed by atoms with Gasteiger partial charge in [-0.2, -0.15) is 0 Å². The maximum Gasteiger partial charge on any atom is 0.133 e. The predicted molar refractivity (Wildman–Crippen MR) is 87.1 cm³/mol. The van der Waals surface area contributed by atoms with Crippen molar-refractivity contribution in [1.29, 1.82) is 0 Å². The third kappa shape index (κ3) is 2.49. The van der Waals surface area contributed by atoms with Gasteiger partial charge in [0.2, 0.25) is 0 Å². The summed E-state index contributed by atoms with van der Waals surface area (Å²) in [5, 5.41) is 13.3. The van der Waals surface area contributed by atoms with Crippen LogP contribution < -0.4 is 0 Å². The van der Waals surface area contributed by atoms with Crippen LogP contribution in [-0.2, 0) is 0 Å². The molecule has 1 N–H and O–H groups in total. The van der Waals surface area contributed by atoms with Gasteiger partial charge in [0.1, 0.15) is 15.4 Å². The summed E-state index contributed by atoms with van der Waals surface area (Å²) < 4.78 is 0.791. The number of nitrogens with zero attached hydrogens (tertiary/aromatic N) is 1. The number of aromatic hydroxyl groups is 1. The molecule has 2 aromatic carbocycles. The lowest BCUT2D eigenvalue weighted by Gasteiger charge is -2.10. The summed E-state index contributed by atoms with van der Waals surface area (Å²) in [4.78, 5) is 4.39. The van der Waals surface area contributed by atoms with E-state index in [0.29, 0.717) is 0 Å². The number of thiazole rings is 1. The number of hydrogen-bond acceptors (Lipinski definition) is 3. The molecule has 4 heteroatoms. The van der Waals surface area contributed by atoms with Crippen LogP contribution in [0.1, 0.15) is 5.56 Å². The largest absolute Gasteiger partial charge is 0.507 e. The van der Waals surface area contributed by atoms with Gasteiger partial charge in [0.25, 0.3) is 0 Å². The highest BCUT2D eigenvalue weighted by Crippen LogP contribution is 2.40. The van der Waals surface area contributed by atoms with Gasteiger partial charge in [-0.15, -0.1) is 11.3 Å². The van der Waals surface area contributed by atoms with E-state index in [0.717, 1.165) is 31.9 Å². The van der Waals surface area contributed by atoms with E-state index in [1.165, 1.54) is 11.3 Å². The Kier molecular flexibility index (Phi) is 3.59. The number of hydrogen-bond donors (Lipinski definition) is 1. The lowest BCUT2D eigenvalue weighted by atomic mass is 9.99. The molecule has 0 aliphatic carbocycles. The van der Waals surface area contributed by atoms with E-state index >= 15 is 0 Å². The van der Waals surface area contributed by atoms with Crippen molar-refractivity contribution in [1.82, 2.24) is 4.98 Å². The van der Waals surface area contributed by atoms with Crippen LogP contribution in [0.25, 0.3) is 21.7 Å². The van der Waals surface area contributed by atoms with Gasteiger partial charge in [0.15, 0.2) is 0 Å². The standard InChI is InChI=1S/C16H12BrNOS/c1-10-7-12(11-5-3-2-4-6-11)15(19)13(8-10)16-18-14(17)9-20-16/h2-9,19H,1H3. The molecule has 0 unspecified atom stereocenters. The van der Waals surface area contributed by atoms with Crippen molar-refractivity contribution in [2.75, 3.05) is 0 Å². The van der Waals surface area contributed by atoms with E-state index in [-0.39, 0.29) is 5.75 Å². The zero-order chi connectivity index (χ0) is 14.1. The topological polar surface area (TPSA) is 33.1 Å². The monoisotopic (exact) mass is 345 g/mol. The van der Waals surface area contributed by atoms with Gasteiger partial charge in [0.05, 0.1) is 5.56 Å². The minimum Gasteiger partial charge on any atom is -0.507 e. The summed E-state index contributed by atoms with van der Waals surface area (Å²) in [5.41, 5.74) is 3.72. The van der Waals surface area contributed by atoms with Gasteiger partial charge < -0.3 is 5.11 Å². The maximum atomic E-state index is 10.6. The molecule has 0 radical (unpaired) electrons. The van der Waals surface area contributed by atoms with Gasteiger partial charge in [0, 0.05) is 10.9 Å². The quantitative estimate of drug-likeness (QED) is 0.687. The van der Waals surface area contributed by atoms with Crippen LogP contribution >= 0.6 is 27.3 Å². The number of halogens is 1. The van der Waals surface area contributed by atoms with Crippen molar-refractivity contribution in [3.05, 3.63) is 58.0 Å². The first-order valence-corrected chi connectivity index (χ1v) is 7.83. The molecule has 0 saturated heterocycles. The summed E-state index contributed by atoms with van der Waals surface area (Å²) in [7, 11) is 0. The third-order valence-corrected chi connectivity index (χ3v) is 4.63. The molecule has 0 fully saturated rings. The lowest BCUT2D eigenvalue weighted by molar-refractivity contribution is 0.479. The Balaban J connectivity index is 2.21. The number of benzene rings is 2. The van der Waals surface area contributed by atoms with Crippen LogP contribution in [0, 0.1) is 6.92 Å². The number of aryl methyl sites for hydroxylation is 1. The molecule has 3 aromatic rings. The van der Waals surface area contributed by atoms with E-state index < -0.39 is 0 Å². The van der Waals surface area contributed by atoms with Crippen molar-refractivity contribution in [2.24, 2.45) is 0 Å². The van der Waals surface area contributed by atoms with E-state index in [2.05, 4.69) is 20.9 Å². The average Bonchev–Trinajstić information content (AvgIpc) is 2.88. The van der Waals surface area contributed by atoms with Gasteiger partial charge >= 0.3 is 0 Å². The van der Waals surface area contributed by atoms with Crippen LogP contribution in [0.3, 0.4) is 0 Å². The normalized spacial score (nSPS) is 10.7. The molecule has 0 amide bonds. The fourth-order valence-electron chi connectivity index (χ4n) is 2.16. The van der Waals surface area contributed by atoms with Gasteiger partial charge in [-0.1, -0.05) is 30.3 Å². The summed E-state index contributed by atoms with van der Waals surface area (Å²) in [6.45, 7) is 2.03. The second kappa shape index (κ2) is 5.38. The van der Waals surface area contributed by atoms with Gasteiger partial charge in [-0.25, -0.2) is 4.98 Å². The highest BCUT2D eigenvalue weighted by molar-refractivity contribution is 9.10. The van der Waals surface area contributed by atoms with Crippen LogP contribution in [0.5, 0.6) is 5.75 Å². The number of aromatic nitrogens is 1. The van der Waals surface area contributed by atoms with E-state index in [9.17, 15) is 5.11 Å². The Morgan fingerprint density at radius 2 is 1.80 bits per heavy atom. The fourth-order valence-corrected chi connectivity index (χ4v) is 3.43. The highest BCUT2D eigenvalue weighted by Gasteiger charge is 2.14. The average molecular weight is 346 g/mol. The second-order valence-corrected chi connectivity index (χ2v) is 6.22. The zero-order valence-corrected chi connectivity index (χ0v) is 13.2. The second-order valence-electron chi connectivity index (χ2n) is 4.55. The van der Waals surface area contributed by atoms with Gasteiger partial charge in [-0.3, -0.25) is 0 Å². The molecule has 0 aliphatic heterocycles. The van der Waals surface area contributed by atoms with Crippen molar-refractivity contribution >= 4 is 27.3 Å². The minimum absolute atomic E-state index is 0.281. The number of phenolic OH excluding ortho intramolecular Hbond substituents is 1. The predicted octanol–water partition coefficient (Wildman–Crippen LogP) is 5.25. The minimum atomic E-state index is 0.281. The first kappa shape index (κ1) is 13.3. The zero-order valence-electron chi connectivity index (χ0n) is 10.8.